The van der Waals surface area contributed by atoms with E-state index in [2.05, 4.69) is 14.8 Å². The zero-order valence-corrected chi connectivity index (χ0v) is 17.7. The van der Waals surface area contributed by atoms with Crippen LogP contribution in [0, 0.1) is 0 Å². The third-order valence-corrected chi connectivity index (χ3v) is 6.76. The van der Waals surface area contributed by atoms with Gasteiger partial charge in [-0.3, -0.25) is 14.5 Å². The van der Waals surface area contributed by atoms with Gasteiger partial charge in [0.2, 0.25) is 5.91 Å². The minimum Gasteiger partial charge on any atom is -0.478 e. The fourth-order valence-electron chi connectivity index (χ4n) is 4.97. The predicted octanol–water partition coefficient (Wildman–Crippen LogP) is 0.425. The topological polar surface area (TPSA) is 68.7 Å². The molecule has 0 aromatic heterocycles. The second-order valence-electron chi connectivity index (χ2n) is 8.73. The zero-order chi connectivity index (χ0) is 20.2. The quantitative estimate of drug-likeness (QED) is 0.663. The smallest absolute Gasteiger partial charge is 0.251 e. The molecule has 0 radical (unpaired) electrons. The first kappa shape index (κ1) is 20.6. The van der Waals surface area contributed by atoms with E-state index in [4.69, 9.17) is 4.74 Å². The van der Waals surface area contributed by atoms with Gasteiger partial charge in [-0.05, 0) is 38.8 Å². The zero-order valence-electron chi connectivity index (χ0n) is 17.7. The van der Waals surface area contributed by atoms with Gasteiger partial charge in [0.15, 0.2) is 11.9 Å². The van der Waals surface area contributed by atoms with Crippen LogP contribution in [0.25, 0.3) is 0 Å². The Bertz CT molecular complexity index is 626. The van der Waals surface area contributed by atoms with Gasteiger partial charge in [0.1, 0.15) is 12.6 Å². The molecular formula is C21H35N5O3. The average molecular weight is 406 g/mol. The van der Waals surface area contributed by atoms with Gasteiger partial charge >= 0.3 is 0 Å². The van der Waals surface area contributed by atoms with Crippen LogP contribution in [0.1, 0.15) is 39.0 Å². The normalized spacial score (nSPS) is 29.1. The molecule has 8 nitrogen and oxygen atoms in total. The van der Waals surface area contributed by atoms with Crippen LogP contribution >= 0.6 is 0 Å². The highest BCUT2D eigenvalue weighted by atomic mass is 16.5. The maximum absolute atomic E-state index is 13.1. The number of hydrogen-bond acceptors (Lipinski definition) is 6. The number of nitrogens with zero attached hydrogens (tertiary/aromatic N) is 5. The first-order valence-corrected chi connectivity index (χ1v) is 11.3. The maximum atomic E-state index is 13.1. The maximum Gasteiger partial charge on any atom is 0.251 e. The Balaban J connectivity index is 1.24. The molecule has 1 unspecified atom stereocenters. The van der Waals surface area contributed by atoms with E-state index in [1.54, 1.807) is 11.8 Å². The summed E-state index contributed by atoms with van der Waals surface area (Å²) in [5.74, 6) is 0.620. The van der Waals surface area contributed by atoms with E-state index in [0.29, 0.717) is 19.0 Å². The van der Waals surface area contributed by atoms with Crippen molar-refractivity contribution in [3.05, 3.63) is 0 Å². The third kappa shape index (κ3) is 4.91. The van der Waals surface area contributed by atoms with Crippen molar-refractivity contribution in [3.8, 4) is 0 Å². The molecule has 0 aromatic carbocycles. The Morgan fingerprint density at radius 3 is 2.24 bits per heavy atom. The Morgan fingerprint density at radius 1 is 0.897 bits per heavy atom. The van der Waals surface area contributed by atoms with Gasteiger partial charge in [0, 0.05) is 52.7 Å². The largest absolute Gasteiger partial charge is 0.478 e. The summed E-state index contributed by atoms with van der Waals surface area (Å²) in [6, 6.07) is -0.798. The second kappa shape index (κ2) is 9.43. The van der Waals surface area contributed by atoms with Gasteiger partial charge in [-0.15, -0.1) is 0 Å². The number of amides is 2. The van der Waals surface area contributed by atoms with Gasteiger partial charge in [-0.2, -0.15) is 0 Å². The summed E-state index contributed by atoms with van der Waals surface area (Å²) in [6.07, 6.45) is 5.68. The molecule has 4 aliphatic rings. The Labute approximate surface area is 173 Å². The molecule has 0 bridgehead atoms. The number of ether oxygens (including phenoxy) is 1. The molecule has 0 saturated carbocycles. The van der Waals surface area contributed by atoms with E-state index in [1.807, 2.05) is 4.90 Å². The van der Waals surface area contributed by atoms with Crippen molar-refractivity contribution in [2.45, 2.75) is 51.1 Å². The number of carbonyl (C=O) groups excluding carboxylic acids is 2. The highest BCUT2D eigenvalue weighted by Crippen LogP contribution is 2.23. The van der Waals surface area contributed by atoms with Crippen molar-refractivity contribution in [1.29, 1.82) is 0 Å². The van der Waals surface area contributed by atoms with Crippen LogP contribution in [0.4, 0.5) is 0 Å². The summed E-state index contributed by atoms with van der Waals surface area (Å²) in [5.41, 5.74) is 0. The fourth-order valence-corrected chi connectivity index (χ4v) is 4.97. The summed E-state index contributed by atoms with van der Waals surface area (Å²) >= 11 is 0. The molecule has 162 valence electrons. The molecule has 4 aliphatic heterocycles. The number of carbonyl (C=O) groups is 2. The van der Waals surface area contributed by atoms with Gasteiger partial charge in [-0.1, -0.05) is 6.42 Å². The molecule has 3 saturated heterocycles. The molecule has 4 rings (SSSR count). The number of hydrogen-bond donors (Lipinski definition) is 0. The second-order valence-corrected chi connectivity index (χ2v) is 8.73. The molecule has 29 heavy (non-hydrogen) atoms. The first-order chi connectivity index (χ1) is 14.1. The van der Waals surface area contributed by atoms with E-state index >= 15 is 0 Å². The van der Waals surface area contributed by atoms with Crippen molar-refractivity contribution in [2.24, 2.45) is 4.99 Å². The van der Waals surface area contributed by atoms with Gasteiger partial charge in [0.05, 0.1) is 0 Å². The van der Waals surface area contributed by atoms with Crippen molar-refractivity contribution in [2.75, 3.05) is 65.5 Å². The van der Waals surface area contributed by atoms with E-state index in [1.165, 1.54) is 32.4 Å². The lowest BCUT2D eigenvalue weighted by Gasteiger charge is -2.38. The van der Waals surface area contributed by atoms with Crippen LogP contribution in [-0.2, 0) is 14.3 Å². The predicted molar refractivity (Wildman–Crippen MR) is 111 cm³/mol. The summed E-state index contributed by atoms with van der Waals surface area (Å²) in [7, 11) is 0. The minimum atomic E-state index is -0.477. The molecule has 0 N–H and O–H groups in total. The van der Waals surface area contributed by atoms with E-state index < -0.39 is 6.04 Å². The lowest BCUT2D eigenvalue weighted by Crippen LogP contribution is -2.56. The van der Waals surface area contributed by atoms with Crippen LogP contribution in [-0.4, -0.2) is 115 Å². The monoisotopic (exact) mass is 405 g/mol. The fraction of sp³-hybridized carbons (Fsp3) is 0.857. The molecule has 2 amide bonds. The highest BCUT2D eigenvalue weighted by molar-refractivity contribution is 5.92. The molecule has 8 heteroatoms. The molecule has 4 heterocycles. The lowest BCUT2D eigenvalue weighted by atomic mass is 10.1. The third-order valence-electron chi connectivity index (χ3n) is 6.76. The summed E-state index contributed by atoms with van der Waals surface area (Å²) in [6.45, 7) is 10.8. The first-order valence-electron chi connectivity index (χ1n) is 11.3. The minimum absolute atomic E-state index is 0.0575. The number of piperazine rings is 1. The Morgan fingerprint density at radius 2 is 1.59 bits per heavy atom. The summed E-state index contributed by atoms with van der Waals surface area (Å²) in [4.78, 5) is 39.0. The van der Waals surface area contributed by atoms with Gasteiger partial charge < -0.3 is 19.4 Å². The number of piperidine rings is 1. The van der Waals surface area contributed by atoms with E-state index in [-0.39, 0.29) is 17.9 Å². The summed E-state index contributed by atoms with van der Waals surface area (Å²) < 4.78 is 5.33. The molecule has 2 atom stereocenters. The number of likely N-dealkylation sites (tertiary alicyclic amines) is 2. The number of aliphatic imine (C=N–C) groups is 1. The lowest BCUT2D eigenvalue weighted by molar-refractivity contribution is -0.145. The molecule has 0 spiro atoms. The standard InChI is InChI=1S/C21H35N5O3/c1-17-22-18(16-29-17)20(27)26-9-5-6-19(26)21(28)25-14-12-24(13-15-25)11-10-23-7-3-2-4-8-23/h18-19H,2-16H2,1H3/t18?,19-/m0/s1. The molecular weight excluding hydrogens is 370 g/mol. The molecule has 0 aliphatic carbocycles. The van der Waals surface area contributed by atoms with Crippen LogP contribution < -0.4 is 0 Å². The van der Waals surface area contributed by atoms with E-state index in [0.717, 1.165) is 52.1 Å². The van der Waals surface area contributed by atoms with Crippen molar-refractivity contribution in [3.63, 3.8) is 0 Å². The summed E-state index contributed by atoms with van der Waals surface area (Å²) in [5, 5.41) is 0. The van der Waals surface area contributed by atoms with Gasteiger partial charge in [0.25, 0.3) is 5.91 Å². The van der Waals surface area contributed by atoms with Crippen molar-refractivity contribution >= 4 is 17.7 Å². The van der Waals surface area contributed by atoms with Crippen LogP contribution in [0.2, 0.25) is 0 Å². The molecule has 0 aromatic rings. The molecule has 3 fully saturated rings. The van der Waals surface area contributed by atoms with Crippen molar-refractivity contribution in [1.82, 2.24) is 19.6 Å². The Hall–Kier alpha value is -1.67. The van der Waals surface area contributed by atoms with Gasteiger partial charge in [-0.25, -0.2) is 4.99 Å². The van der Waals surface area contributed by atoms with E-state index in [9.17, 15) is 9.59 Å². The highest BCUT2D eigenvalue weighted by Gasteiger charge is 2.40. The Kier molecular flexibility index (Phi) is 6.70. The van der Waals surface area contributed by atoms with Crippen LogP contribution in [0.5, 0.6) is 0 Å². The number of rotatable bonds is 5. The van der Waals surface area contributed by atoms with Crippen LogP contribution in [0.3, 0.4) is 0 Å². The van der Waals surface area contributed by atoms with Crippen LogP contribution in [0.15, 0.2) is 4.99 Å². The SMILES string of the molecule is CC1=NC(C(=O)N2CCC[C@H]2C(=O)N2CCN(CCN3CCCCC3)CC2)CO1. The average Bonchev–Trinajstić information content (AvgIpc) is 3.42. The van der Waals surface area contributed by atoms with Crippen molar-refractivity contribution < 1.29 is 14.3 Å².